The van der Waals surface area contributed by atoms with Crippen LogP contribution in [-0.4, -0.2) is 30.0 Å². The molecule has 1 rings (SSSR count). The maximum atomic E-state index is 10.8. The Bertz CT molecular complexity index is 326. The summed E-state index contributed by atoms with van der Waals surface area (Å²) in [5.74, 6) is -0.876. The van der Waals surface area contributed by atoms with Gasteiger partial charge in [-0.25, -0.2) is 0 Å². The first-order valence-electron chi connectivity index (χ1n) is 4.37. The van der Waals surface area contributed by atoms with Crippen LogP contribution >= 0.6 is 11.8 Å². The number of nitrogens with two attached hydrogens (primary N) is 1. The second-order valence-electron chi connectivity index (χ2n) is 2.97. The number of nitrogen functional groups attached to an aromatic ring is 1. The number of carboxylic acid groups (broad SMARTS) is 1. The molecule has 1 unspecified atom stereocenters. The lowest BCUT2D eigenvalue weighted by Gasteiger charge is -2.10. The van der Waals surface area contributed by atoms with E-state index in [1.54, 1.807) is 24.3 Å². The lowest BCUT2D eigenvalue weighted by atomic mass is 10.3. The van der Waals surface area contributed by atoms with Crippen molar-refractivity contribution in [2.75, 3.05) is 19.5 Å². The fraction of sp³-hybridized carbons (Fsp3) is 0.300. The number of hydrogen-bond donors (Lipinski definition) is 2. The van der Waals surface area contributed by atoms with Crippen molar-refractivity contribution in [3.8, 4) is 0 Å². The lowest BCUT2D eigenvalue weighted by Crippen LogP contribution is -2.21. The van der Waals surface area contributed by atoms with Gasteiger partial charge in [0.2, 0.25) is 0 Å². The molecule has 1 aromatic rings. The Balaban J connectivity index is 2.65. The minimum absolute atomic E-state index is 0.185. The second-order valence-corrected chi connectivity index (χ2v) is 4.25. The van der Waals surface area contributed by atoms with Crippen LogP contribution in [0.1, 0.15) is 0 Å². The summed E-state index contributed by atoms with van der Waals surface area (Å²) >= 11 is 1.25. The summed E-state index contributed by atoms with van der Waals surface area (Å²) in [6, 6.07) is 7.08. The first kappa shape index (κ1) is 11.9. The quantitative estimate of drug-likeness (QED) is 0.588. The number of carbonyl (C=O) groups is 1. The molecule has 3 N–H and O–H groups in total. The molecule has 15 heavy (non-hydrogen) atoms. The highest BCUT2D eigenvalue weighted by Gasteiger charge is 2.18. The number of benzene rings is 1. The molecule has 0 aromatic heterocycles. The summed E-state index contributed by atoms with van der Waals surface area (Å²) < 4.78 is 4.83. The van der Waals surface area contributed by atoms with Gasteiger partial charge in [-0.1, -0.05) is 0 Å². The summed E-state index contributed by atoms with van der Waals surface area (Å²) in [5, 5.41) is 8.31. The summed E-state index contributed by atoms with van der Waals surface area (Å²) in [6.07, 6.45) is 0. The van der Waals surface area contributed by atoms with Gasteiger partial charge in [-0.2, -0.15) is 0 Å². The van der Waals surface area contributed by atoms with E-state index in [0.717, 1.165) is 4.90 Å². The Morgan fingerprint density at radius 3 is 2.60 bits per heavy atom. The summed E-state index contributed by atoms with van der Waals surface area (Å²) in [7, 11) is 1.49. The number of ether oxygens (including phenoxy) is 1. The second kappa shape index (κ2) is 5.63. The molecule has 4 nitrogen and oxygen atoms in total. The SMILES string of the molecule is COCC(Sc1ccc(N)cc1)C(=O)O. The molecule has 1 aromatic carbocycles. The fourth-order valence-electron chi connectivity index (χ4n) is 1.02. The predicted molar refractivity (Wildman–Crippen MR) is 60.0 cm³/mol. The van der Waals surface area contributed by atoms with E-state index in [1.807, 2.05) is 0 Å². The van der Waals surface area contributed by atoms with Crippen LogP contribution in [0, 0.1) is 0 Å². The number of thioether (sulfide) groups is 1. The van der Waals surface area contributed by atoms with Crippen molar-refractivity contribution in [2.24, 2.45) is 0 Å². The summed E-state index contributed by atoms with van der Waals surface area (Å²) in [4.78, 5) is 11.7. The van der Waals surface area contributed by atoms with Gasteiger partial charge >= 0.3 is 5.97 Å². The van der Waals surface area contributed by atoms with Gasteiger partial charge in [-0.3, -0.25) is 4.79 Å². The molecule has 0 aliphatic rings. The van der Waals surface area contributed by atoms with Crippen molar-refractivity contribution >= 4 is 23.4 Å². The first-order valence-corrected chi connectivity index (χ1v) is 5.25. The van der Waals surface area contributed by atoms with Crippen molar-refractivity contribution in [1.82, 2.24) is 0 Å². The molecule has 0 saturated carbocycles. The Kier molecular flexibility index (Phi) is 4.45. The van der Waals surface area contributed by atoms with Crippen LogP contribution in [0.3, 0.4) is 0 Å². The number of anilines is 1. The molecule has 0 heterocycles. The van der Waals surface area contributed by atoms with E-state index in [0.29, 0.717) is 5.69 Å². The number of carboxylic acids is 1. The van der Waals surface area contributed by atoms with Crippen LogP contribution in [0.25, 0.3) is 0 Å². The monoisotopic (exact) mass is 227 g/mol. The van der Waals surface area contributed by atoms with Gasteiger partial charge in [0.05, 0.1) is 6.61 Å². The third kappa shape index (κ3) is 3.81. The minimum atomic E-state index is -0.876. The number of methoxy groups -OCH3 is 1. The molecular weight excluding hydrogens is 214 g/mol. The third-order valence-electron chi connectivity index (χ3n) is 1.75. The van der Waals surface area contributed by atoms with Crippen LogP contribution in [-0.2, 0) is 9.53 Å². The van der Waals surface area contributed by atoms with Crippen LogP contribution in [0.2, 0.25) is 0 Å². The Morgan fingerprint density at radius 2 is 2.13 bits per heavy atom. The molecule has 0 aliphatic heterocycles. The van der Waals surface area contributed by atoms with Crippen molar-refractivity contribution in [3.05, 3.63) is 24.3 Å². The maximum absolute atomic E-state index is 10.8. The van der Waals surface area contributed by atoms with E-state index in [2.05, 4.69) is 0 Å². The van der Waals surface area contributed by atoms with E-state index in [-0.39, 0.29) is 6.61 Å². The number of aliphatic carboxylic acids is 1. The highest BCUT2D eigenvalue weighted by molar-refractivity contribution is 8.00. The van der Waals surface area contributed by atoms with Crippen LogP contribution in [0.15, 0.2) is 29.2 Å². The van der Waals surface area contributed by atoms with Gasteiger partial charge in [0.1, 0.15) is 5.25 Å². The molecule has 0 bridgehead atoms. The maximum Gasteiger partial charge on any atom is 0.319 e. The molecule has 0 fully saturated rings. The van der Waals surface area contributed by atoms with Crippen LogP contribution in [0.4, 0.5) is 5.69 Å². The Hall–Kier alpha value is -1.20. The lowest BCUT2D eigenvalue weighted by molar-refractivity contribution is -0.137. The minimum Gasteiger partial charge on any atom is -0.480 e. The predicted octanol–water partition coefficient (Wildman–Crippen LogP) is 1.46. The Labute approximate surface area is 92.4 Å². The van der Waals surface area contributed by atoms with Crippen LogP contribution in [0.5, 0.6) is 0 Å². The van der Waals surface area contributed by atoms with Gasteiger partial charge < -0.3 is 15.6 Å². The van der Waals surface area contributed by atoms with E-state index >= 15 is 0 Å². The average Bonchev–Trinajstić information content (AvgIpc) is 2.20. The first-order chi connectivity index (χ1) is 7.13. The molecule has 0 saturated heterocycles. The largest absolute Gasteiger partial charge is 0.480 e. The molecule has 0 radical (unpaired) electrons. The fourth-order valence-corrected chi connectivity index (χ4v) is 1.94. The van der Waals surface area contributed by atoms with Crippen molar-refractivity contribution in [2.45, 2.75) is 10.1 Å². The standard InChI is InChI=1S/C10H13NO3S/c1-14-6-9(10(12)13)15-8-4-2-7(11)3-5-8/h2-5,9H,6,11H2,1H3,(H,12,13). The highest BCUT2D eigenvalue weighted by Crippen LogP contribution is 2.24. The topological polar surface area (TPSA) is 72.5 Å². The normalized spacial score (nSPS) is 12.3. The number of rotatable bonds is 5. The zero-order valence-corrected chi connectivity index (χ0v) is 9.16. The molecule has 1 atom stereocenters. The van der Waals surface area contributed by atoms with E-state index in [4.69, 9.17) is 15.6 Å². The summed E-state index contributed by atoms with van der Waals surface area (Å²) in [6.45, 7) is 0.185. The molecule has 0 aliphatic carbocycles. The summed E-state index contributed by atoms with van der Waals surface area (Å²) in [5.41, 5.74) is 6.19. The zero-order valence-electron chi connectivity index (χ0n) is 8.34. The molecule has 5 heteroatoms. The van der Waals surface area contributed by atoms with Crippen molar-refractivity contribution in [1.29, 1.82) is 0 Å². The molecule has 82 valence electrons. The van der Waals surface area contributed by atoms with Gasteiger partial charge in [-0.15, -0.1) is 11.8 Å². The van der Waals surface area contributed by atoms with Gasteiger partial charge in [0.25, 0.3) is 0 Å². The Morgan fingerprint density at radius 1 is 1.53 bits per heavy atom. The number of hydrogen-bond acceptors (Lipinski definition) is 4. The molecular formula is C10H13NO3S. The smallest absolute Gasteiger partial charge is 0.319 e. The van der Waals surface area contributed by atoms with E-state index < -0.39 is 11.2 Å². The highest BCUT2D eigenvalue weighted by atomic mass is 32.2. The van der Waals surface area contributed by atoms with E-state index in [9.17, 15) is 4.79 Å². The third-order valence-corrected chi connectivity index (χ3v) is 2.92. The average molecular weight is 227 g/mol. The van der Waals surface area contributed by atoms with Gasteiger partial charge in [-0.05, 0) is 24.3 Å². The van der Waals surface area contributed by atoms with E-state index in [1.165, 1.54) is 18.9 Å². The molecule has 0 spiro atoms. The zero-order chi connectivity index (χ0) is 11.3. The van der Waals surface area contributed by atoms with Crippen molar-refractivity contribution in [3.63, 3.8) is 0 Å². The van der Waals surface area contributed by atoms with Crippen LogP contribution < -0.4 is 5.73 Å². The van der Waals surface area contributed by atoms with Gasteiger partial charge in [0, 0.05) is 17.7 Å². The molecule has 0 amide bonds. The van der Waals surface area contributed by atoms with Gasteiger partial charge in [0.15, 0.2) is 0 Å². The van der Waals surface area contributed by atoms with Crippen molar-refractivity contribution < 1.29 is 14.6 Å².